The number of amides is 1. The maximum atomic E-state index is 11.8. The average Bonchev–Trinajstić information content (AvgIpc) is 2.28. The minimum Gasteiger partial charge on any atom is -0.338 e. The molecule has 1 N–H and O–H groups in total. The number of pyridine rings is 1. The topological polar surface area (TPSA) is 42.0 Å². The van der Waals surface area contributed by atoms with Crippen LogP contribution in [0.1, 0.15) is 23.7 Å². The molecule has 0 fully saturated rings. The highest BCUT2D eigenvalue weighted by atomic mass is 79.9. The molecule has 0 bridgehead atoms. The molecule has 1 atom stereocenters. The van der Waals surface area contributed by atoms with Crippen LogP contribution in [0.3, 0.4) is 0 Å². The summed E-state index contributed by atoms with van der Waals surface area (Å²) in [6.45, 7) is 1.89. The van der Waals surface area contributed by atoms with E-state index in [0.717, 1.165) is 0 Å². The molecule has 1 heterocycles. The van der Waals surface area contributed by atoms with Crippen molar-refractivity contribution in [2.75, 3.05) is 0 Å². The molecule has 1 unspecified atom stereocenters. The summed E-state index contributed by atoms with van der Waals surface area (Å²) < 4.78 is 0.691. The summed E-state index contributed by atoms with van der Waals surface area (Å²) in [7, 11) is 0. The molecular formula is C11H10BrClN2O. The van der Waals surface area contributed by atoms with Crippen molar-refractivity contribution >= 4 is 33.4 Å². The number of hydrogen-bond donors (Lipinski definition) is 1. The zero-order valence-electron chi connectivity index (χ0n) is 8.63. The maximum absolute atomic E-state index is 11.8. The largest absolute Gasteiger partial charge is 0.338 e. The lowest BCUT2D eigenvalue weighted by atomic mass is 10.2. The molecule has 0 aliphatic carbocycles. The van der Waals surface area contributed by atoms with Crippen LogP contribution in [0.25, 0.3) is 0 Å². The zero-order valence-corrected chi connectivity index (χ0v) is 11.0. The Hall–Kier alpha value is -1.05. The van der Waals surface area contributed by atoms with Gasteiger partial charge in [0.05, 0.1) is 11.6 Å². The third kappa shape index (κ3) is 3.22. The lowest BCUT2D eigenvalue weighted by molar-refractivity contribution is 0.0945. The second-order valence-corrected chi connectivity index (χ2v) is 4.37. The van der Waals surface area contributed by atoms with E-state index in [1.54, 1.807) is 6.07 Å². The van der Waals surface area contributed by atoms with Crippen molar-refractivity contribution in [2.45, 2.75) is 19.4 Å². The molecule has 0 aromatic carbocycles. The van der Waals surface area contributed by atoms with Gasteiger partial charge in [0.15, 0.2) is 0 Å². The Morgan fingerprint density at radius 1 is 1.81 bits per heavy atom. The van der Waals surface area contributed by atoms with Gasteiger partial charge in [-0.3, -0.25) is 4.79 Å². The van der Waals surface area contributed by atoms with E-state index < -0.39 is 0 Å². The van der Waals surface area contributed by atoms with Crippen LogP contribution in [-0.2, 0) is 0 Å². The van der Waals surface area contributed by atoms with Gasteiger partial charge in [0.2, 0.25) is 0 Å². The predicted octanol–water partition coefficient (Wildman–Crippen LogP) is 2.64. The number of carbonyl (C=O) groups excluding carboxylic acids is 1. The lowest BCUT2D eigenvalue weighted by Gasteiger charge is -2.11. The summed E-state index contributed by atoms with van der Waals surface area (Å²) in [6, 6.07) is 1.32. The number of terminal acetylenes is 1. The zero-order chi connectivity index (χ0) is 12.1. The molecule has 5 heteroatoms. The number of hydrogen-bond acceptors (Lipinski definition) is 2. The van der Waals surface area contributed by atoms with Gasteiger partial charge in [-0.2, -0.15) is 0 Å². The molecule has 3 nitrogen and oxygen atoms in total. The molecule has 0 radical (unpaired) electrons. The Bertz CT molecular complexity index is 442. The van der Waals surface area contributed by atoms with E-state index >= 15 is 0 Å². The highest BCUT2D eigenvalue weighted by Gasteiger charge is 2.14. The van der Waals surface area contributed by atoms with Gasteiger partial charge in [0, 0.05) is 10.7 Å². The van der Waals surface area contributed by atoms with Gasteiger partial charge < -0.3 is 5.32 Å². The van der Waals surface area contributed by atoms with Gasteiger partial charge >= 0.3 is 0 Å². The summed E-state index contributed by atoms with van der Waals surface area (Å²) in [5.41, 5.74) is 0.310. The standard InChI is InChI=1S/C11H10BrClN2O/c1-3-8(4-2)15-11(16)9-5-7(12)6-14-10(9)13/h1,5-6,8H,4H2,2H3,(H,15,16). The van der Waals surface area contributed by atoms with E-state index in [9.17, 15) is 4.79 Å². The monoisotopic (exact) mass is 300 g/mol. The predicted molar refractivity (Wildman–Crippen MR) is 67.3 cm³/mol. The Balaban J connectivity index is 2.89. The normalized spacial score (nSPS) is 11.6. The third-order valence-corrected chi connectivity index (χ3v) is 2.70. The SMILES string of the molecule is C#CC(CC)NC(=O)c1cc(Br)cnc1Cl. The van der Waals surface area contributed by atoms with E-state index in [1.807, 2.05) is 6.92 Å². The van der Waals surface area contributed by atoms with E-state index in [2.05, 4.69) is 32.2 Å². The van der Waals surface area contributed by atoms with Crippen LogP contribution in [-0.4, -0.2) is 16.9 Å². The number of halogens is 2. The summed E-state index contributed by atoms with van der Waals surface area (Å²) in [5.74, 6) is 2.16. The van der Waals surface area contributed by atoms with Gasteiger partial charge in [0.25, 0.3) is 5.91 Å². The minimum absolute atomic E-state index is 0.160. The van der Waals surface area contributed by atoms with Gasteiger partial charge in [-0.1, -0.05) is 24.4 Å². The van der Waals surface area contributed by atoms with Gasteiger partial charge in [0.1, 0.15) is 5.15 Å². The first-order valence-corrected chi connectivity index (χ1v) is 5.83. The van der Waals surface area contributed by atoms with Crippen LogP contribution in [0.5, 0.6) is 0 Å². The minimum atomic E-state index is -0.316. The second kappa shape index (κ2) is 5.88. The van der Waals surface area contributed by atoms with Crippen molar-refractivity contribution in [2.24, 2.45) is 0 Å². The first kappa shape index (κ1) is 13.0. The van der Waals surface area contributed by atoms with Crippen molar-refractivity contribution in [3.63, 3.8) is 0 Å². The number of nitrogens with zero attached hydrogens (tertiary/aromatic N) is 1. The number of carbonyl (C=O) groups is 1. The van der Waals surface area contributed by atoms with Crippen LogP contribution in [0.2, 0.25) is 5.15 Å². The maximum Gasteiger partial charge on any atom is 0.255 e. The molecule has 84 valence electrons. The molecule has 0 aliphatic rings. The molecule has 0 aliphatic heterocycles. The molecule has 1 aromatic rings. The van der Waals surface area contributed by atoms with Crippen LogP contribution in [0.4, 0.5) is 0 Å². The fourth-order valence-corrected chi connectivity index (χ4v) is 1.60. The van der Waals surface area contributed by atoms with Crippen molar-refractivity contribution in [1.29, 1.82) is 0 Å². The van der Waals surface area contributed by atoms with Crippen molar-refractivity contribution in [1.82, 2.24) is 10.3 Å². The first-order valence-electron chi connectivity index (χ1n) is 4.66. The van der Waals surface area contributed by atoms with Crippen LogP contribution < -0.4 is 5.32 Å². The molecule has 1 aromatic heterocycles. The Labute approximate surface area is 108 Å². The fraction of sp³-hybridized carbons (Fsp3) is 0.273. The van der Waals surface area contributed by atoms with Crippen molar-refractivity contribution in [3.05, 3.63) is 27.5 Å². The molecule has 16 heavy (non-hydrogen) atoms. The van der Waals surface area contributed by atoms with E-state index in [4.69, 9.17) is 18.0 Å². The third-order valence-electron chi connectivity index (χ3n) is 1.97. The Kier molecular flexibility index (Phi) is 4.78. The van der Waals surface area contributed by atoms with Crippen molar-refractivity contribution in [3.8, 4) is 12.3 Å². The molecule has 1 rings (SSSR count). The number of aromatic nitrogens is 1. The molecule has 0 saturated carbocycles. The highest BCUT2D eigenvalue weighted by Crippen LogP contribution is 2.18. The second-order valence-electron chi connectivity index (χ2n) is 3.09. The van der Waals surface area contributed by atoms with E-state index in [-0.39, 0.29) is 17.1 Å². The lowest BCUT2D eigenvalue weighted by Crippen LogP contribution is -2.33. The molecular weight excluding hydrogens is 291 g/mol. The van der Waals surface area contributed by atoms with E-state index in [1.165, 1.54) is 6.20 Å². The van der Waals surface area contributed by atoms with Gasteiger partial charge in [-0.15, -0.1) is 6.42 Å². The van der Waals surface area contributed by atoms with Crippen LogP contribution in [0.15, 0.2) is 16.7 Å². The summed E-state index contributed by atoms with van der Waals surface area (Å²) in [4.78, 5) is 15.7. The summed E-state index contributed by atoms with van der Waals surface area (Å²) in [6.07, 6.45) is 7.45. The van der Waals surface area contributed by atoms with Gasteiger partial charge in [-0.25, -0.2) is 4.98 Å². The average molecular weight is 302 g/mol. The summed E-state index contributed by atoms with van der Waals surface area (Å²) >= 11 is 9.04. The molecule has 0 spiro atoms. The molecule has 1 amide bonds. The Morgan fingerprint density at radius 2 is 2.50 bits per heavy atom. The smallest absolute Gasteiger partial charge is 0.255 e. The van der Waals surface area contributed by atoms with E-state index in [0.29, 0.717) is 16.5 Å². The van der Waals surface area contributed by atoms with Crippen LogP contribution >= 0.6 is 27.5 Å². The molecule has 0 saturated heterocycles. The quantitative estimate of drug-likeness (QED) is 0.689. The number of nitrogens with one attached hydrogen (secondary N) is 1. The number of rotatable bonds is 3. The Morgan fingerprint density at radius 3 is 3.06 bits per heavy atom. The van der Waals surface area contributed by atoms with Crippen molar-refractivity contribution < 1.29 is 4.79 Å². The summed E-state index contributed by atoms with van der Waals surface area (Å²) in [5, 5.41) is 2.84. The van der Waals surface area contributed by atoms with Crippen LogP contribution in [0, 0.1) is 12.3 Å². The first-order chi connectivity index (χ1) is 7.58. The van der Waals surface area contributed by atoms with Gasteiger partial charge in [-0.05, 0) is 28.4 Å². The fourth-order valence-electron chi connectivity index (χ4n) is 1.08. The highest BCUT2D eigenvalue weighted by molar-refractivity contribution is 9.10.